The van der Waals surface area contributed by atoms with E-state index in [-0.39, 0.29) is 18.1 Å². The fraction of sp³-hybridized carbons (Fsp3) is 0.538. The zero-order valence-electron chi connectivity index (χ0n) is 19.6. The minimum Gasteiger partial charge on any atom is -0.493 e. The van der Waals surface area contributed by atoms with E-state index in [4.69, 9.17) is 21.1 Å². The van der Waals surface area contributed by atoms with Gasteiger partial charge in [0.1, 0.15) is 16.7 Å². The molecule has 1 aliphatic rings. The summed E-state index contributed by atoms with van der Waals surface area (Å²) in [6, 6.07) is 10.0. The Bertz CT molecular complexity index is 890. The van der Waals surface area contributed by atoms with Crippen LogP contribution in [0.15, 0.2) is 36.5 Å². The van der Waals surface area contributed by atoms with Gasteiger partial charge in [0.25, 0.3) is 0 Å². The van der Waals surface area contributed by atoms with Gasteiger partial charge in [-0.15, -0.1) is 0 Å². The molecule has 1 N–H and O–H groups in total. The van der Waals surface area contributed by atoms with Crippen molar-refractivity contribution < 1.29 is 14.3 Å². The van der Waals surface area contributed by atoms with Crippen LogP contribution in [-0.2, 0) is 4.79 Å². The number of amides is 1. The van der Waals surface area contributed by atoms with E-state index in [0.717, 1.165) is 55.6 Å². The minimum atomic E-state index is -0.423. The van der Waals surface area contributed by atoms with E-state index in [0.29, 0.717) is 11.8 Å². The lowest BCUT2D eigenvalue weighted by molar-refractivity contribution is -0.130. The van der Waals surface area contributed by atoms with Crippen LogP contribution in [0, 0.1) is 19.3 Å². The van der Waals surface area contributed by atoms with Gasteiger partial charge in [0.2, 0.25) is 5.91 Å². The molecule has 0 saturated heterocycles. The van der Waals surface area contributed by atoms with Gasteiger partial charge >= 0.3 is 0 Å². The zero-order chi connectivity index (χ0) is 23.1. The molecule has 6 heteroatoms. The van der Waals surface area contributed by atoms with Gasteiger partial charge in [-0.25, -0.2) is 4.98 Å². The summed E-state index contributed by atoms with van der Waals surface area (Å²) in [5, 5.41) is 3.72. The maximum atomic E-state index is 12.9. The zero-order valence-corrected chi connectivity index (χ0v) is 20.4. The lowest BCUT2D eigenvalue weighted by atomic mass is 9.85. The highest BCUT2D eigenvalue weighted by atomic mass is 35.5. The summed E-state index contributed by atoms with van der Waals surface area (Å²) in [6.45, 7) is 8.76. The van der Waals surface area contributed by atoms with Gasteiger partial charge in [0.15, 0.2) is 0 Å². The normalized spacial score (nSPS) is 18.8. The lowest BCUT2D eigenvalue weighted by Crippen LogP contribution is -2.45. The molecule has 5 nitrogen and oxygen atoms in total. The summed E-state index contributed by atoms with van der Waals surface area (Å²) in [5.74, 6) is 1.79. The molecular formula is C26H35ClN2O3. The maximum Gasteiger partial charge on any atom is 0.225 e. The van der Waals surface area contributed by atoms with Crippen LogP contribution < -0.4 is 14.8 Å². The SMILES string of the molecule is Cc1ccc(C)c(OCCCC(C)(C)C(=O)NC2CCC(Oc3ccc(Cl)nc3)CC2)c1. The Kier molecular flexibility index (Phi) is 8.41. The third-order valence-electron chi connectivity index (χ3n) is 6.17. The Labute approximate surface area is 196 Å². The maximum absolute atomic E-state index is 12.9. The van der Waals surface area contributed by atoms with Gasteiger partial charge in [-0.1, -0.05) is 37.6 Å². The number of ether oxygens (including phenoxy) is 2. The molecule has 0 spiro atoms. The summed E-state index contributed by atoms with van der Waals surface area (Å²) < 4.78 is 12.0. The summed E-state index contributed by atoms with van der Waals surface area (Å²) in [5.41, 5.74) is 1.91. The number of carbonyl (C=O) groups is 1. The topological polar surface area (TPSA) is 60.5 Å². The molecule has 1 saturated carbocycles. The van der Waals surface area contributed by atoms with Gasteiger partial charge in [-0.05, 0) is 81.7 Å². The molecule has 1 heterocycles. The number of carbonyl (C=O) groups excluding carboxylic acids is 1. The van der Waals surface area contributed by atoms with Gasteiger partial charge in [-0.2, -0.15) is 0 Å². The first-order valence-electron chi connectivity index (χ1n) is 11.5. The Morgan fingerprint density at radius 2 is 1.91 bits per heavy atom. The van der Waals surface area contributed by atoms with Crippen molar-refractivity contribution in [3.05, 3.63) is 52.8 Å². The molecule has 3 rings (SSSR count). The van der Waals surface area contributed by atoms with Gasteiger partial charge < -0.3 is 14.8 Å². The number of nitrogens with zero attached hydrogens (tertiary/aromatic N) is 1. The molecule has 174 valence electrons. The average molecular weight is 459 g/mol. The van der Waals surface area contributed by atoms with E-state index in [1.165, 1.54) is 5.56 Å². The molecule has 0 atom stereocenters. The molecule has 1 aliphatic carbocycles. The Morgan fingerprint density at radius 3 is 2.59 bits per heavy atom. The molecule has 1 amide bonds. The van der Waals surface area contributed by atoms with Crippen molar-refractivity contribution in [3.8, 4) is 11.5 Å². The van der Waals surface area contributed by atoms with Crippen LogP contribution in [0.1, 0.15) is 63.5 Å². The molecule has 0 radical (unpaired) electrons. The smallest absolute Gasteiger partial charge is 0.225 e. The molecule has 2 aromatic rings. The number of hydrogen-bond donors (Lipinski definition) is 1. The number of nitrogens with one attached hydrogen (secondary N) is 1. The van der Waals surface area contributed by atoms with Crippen LogP contribution in [-0.4, -0.2) is 29.6 Å². The number of rotatable bonds is 9. The fourth-order valence-corrected chi connectivity index (χ4v) is 4.11. The fourth-order valence-electron chi connectivity index (χ4n) is 4.00. The lowest BCUT2D eigenvalue weighted by Gasteiger charge is -2.32. The molecule has 0 bridgehead atoms. The van der Waals surface area contributed by atoms with Crippen molar-refractivity contribution in [1.82, 2.24) is 10.3 Å². The molecule has 0 unspecified atom stereocenters. The van der Waals surface area contributed by atoms with Crippen LogP contribution >= 0.6 is 11.6 Å². The van der Waals surface area contributed by atoms with Crippen LogP contribution in [0.3, 0.4) is 0 Å². The van der Waals surface area contributed by atoms with Crippen molar-refractivity contribution in [3.63, 3.8) is 0 Å². The number of hydrogen-bond acceptors (Lipinski definition) is 4. The van der Waals surface area contributed by atoms with Crippen molar-refractivity contribution in [2.45, 2.75) is 78.4 Å². The standard InChI is InChI=1S/C26H35ClN2O3/c1-18-6-7-19(2)23(16-18)31-15-5-14-26(3,4)25(30)29-20-8-10-21(11-9-20)32-22-12-13-24(27)28-17-22/h6-7,12-13,16-17,20-21H,5,8-11,14-15H2,1-4H3,(H,29,30). The monoisotopic (exact) mass is 458 g/mol. The summed E-state index contributed by atoms with van der Waals surface area (Å²) >= 11 is 5.82. The molecule has 1 aromatic carbocycles. The van der Waals surface area contributed by atoms with E-state index in [1.54, 1.807) is 12.3 Å². The number of aryl methyl sites for hydroxylation is 2. The summed E-state index contributed by atoms with van der Waals surface area (Å²) in [4.78, 5) is 17.0. The van der Waals surface area contributed by atoms with Crippen LogP contribution in [0.5, 0.6) is 11.5 Å². The van der Waals surface area contributed by atoms with Crippen LogP contribution in [0.4, 0.5) is 0 Å². The van der Waals surface area contributed by atoms with E-state index in [9.17, 15) is 4.79 Å². The van der Waals surface area contributed by atoms with Crippen molar-refractivity contribution in [1.29, 1.82) is 0 Å². The molecule has 1 fully saturated rings. The highest BCUT2D eigenvalue weighted by Gasteiger charge is 2.31. The summed E-state index contributed by atoms with van der Waals surface area (Å²) in [7, 11) is 0. The average Bonchev–Trinajstić information content (AvgIpc) is 2.76. The first kappa shape index (κ1) is 24.4. The predicted octanol–water partition coefficient (Wildman–Crippen LogP) is 6.04. The van der Waals surface area contributed by atoms with E-state index in [1.807, 2.05) is 19.9 Å². The number of halogens is 1. The van der Waals surface area contributed by atoms with E-state index in [2.05, 4.69) is 42.3 Å². The molecule has 1 aromatic heterocycles. The largest absolute Gasteiger partial charge is 0.493 e. The quantitative estimate of drug-likeness (QED) is 0.367. The highest BCUT2D eigenvalue weighted by molar-refractivity contribution is 6.29. The Balaban J connectivity index is 1.37. The first-order valence-corrected chi connectivity index (χ1v) is 11.9. The number of pyridine rings is 1. The predicted molar refractivity (Wildman–Crippen MR) is 128 cm³/mol. The Hall–Kier alpha value is -2.27. The molecular weight excluding hydrogens is 424 g/mol. The highest BCUT2D eigenvalue weighted by Crippen LogP contribution is 2.27. The van der Waals surface area contributed by atoms with Gasteiger partial charge in [0.05, 0.1) is 18.9 Å². The second-order valence-electron chi connectivity index (χ2n) is 9.49. The van der Waals surface area contributed by atoms with E-state index >= 15 is 0 Å². The number of aromatic nitrogens is 1. The Morgan fingerprint density at radius 1 is 1.16 bits per heavy atom. The van der Waals surface area contributed by atoms with Crippen molar-refractivity contribution >= 4 is 17.5 Å². The van der Waals surface area contributed by atoms with Crippen molar-refractivity contribution in [2.24, 2.45) is 5.41 Å². The van der Waals surface area contributed by atoms with Gasteiger partial charge in [-0.3, -0.25) is 4.79 Å². The summed E-state index contributed by atoms with van der Waals surface area (Å²) in [6.07, 6.45) is 7.10. The number of benzene rings is 1. The van der Waals surface area contributed by atoms with Crippen LogP contribution in [0.25, 0.3) is 0 Å². The molecule has 32 heavy (non-hydrogen) atoms. The van der Waals surface area contributed by atoms with Crippen LogP contribution in [0.2, 0.25) is 5.15 Å². The second-order valence-corrected chi connectivity index (χ2v) is 9.87. The minimum absolute atomic E-state index is 0.121. The molecule has 0 aliphatic heterocycles. The second kappa shape index (κ2) is 11.0. The van der Waals surface area contributed by atoms with Gasteiger partial charge in [0, 0.05) is 11.5 Å². The van der Waals surface area contributed by atoms with E-state index < -0.39 is 5.41 Å². The third kappa shape index (κ3) is 7.13. The third-order valence-corrected chi connectivity index (χ3v) is 6.40. The van der Waals surface area contributed by atoms with Crippen molar-refractivity contribution in [2.75, 3.05) is 6.61 Å². The first-order chi connectivity index (χ1) is 15.2.